The molecule has 4 aromatic carbocycles. The number of carbonyl (C=O) groups excluding carboxylic acids is 1. The number of Topliss-reactive ketones (excluding diaryl/α,β-unsaturated/α-hetero) is 1. The van der Waals surface area contributed by atoms with Crippen LogP contribution in [0.5, 0.6) is 0 Å². The van der Waals surface area contributed by atoms with Gasteiger partial charge < -0.3 is 0 Å². The maximum atomic E-state index is 14.2. The Balaban J connectivity index is 1.66. The molecule has 172 valence electrons. The fourth-order valence-electron chi connectivity index (χ4n) is 4.56. The molecule has 35 heavy (non-hydrogen) atoms. The Morgan fingerprint density at radius 1 is 0.800 bits per heavy atom. The highest BCUT2D eigenvalue weighted by Gasteiger charge is 2.44. The summed E-state index contributed by atoms with van der Waals surface area (Å²) in [5.41, 5.74) is 5.30. The molecule has 4 aromatic rings. The third-order valence-electron chi connectivity index (χ3n) is 6.24. The van der Waals surface area contributed by atoms with Crippen LogP contribution < -0.4 is 5.01 Å². The molecule has 0 fully saturated rings. The summed E-state index contributed by atoms with van der Waals surface area (Å²) in [7, 11) is 0. The van der Waals surface area contributed by atoms with E-state index < -0.39 is 5.92 Å². The smallest absolute Gasteiger partial charge is 0.170 e. The van der Waals surface area contributed by atoms with Gasteiger partial charge in [-0.15, -0.1) is 0 Å². The standard InChI is InChI=1S/C31H25ClN2O/c1-22(21-23-11-5-2-6-12-23)31(35)28-29(24-17-19-26(32)20-18-24)33-34(27-15-9-4-10-16-27)30(28)25-13-7-3-8-14-25/h2-21,28,30H,1H3/b22-21+. The van der Waals surface area contributed by atoms with Gasteiger partial charge >= 0.3 is 0 Å². The highest BCUT2D eigenvalue weighted by molar-refractivity contribution is 6.30. The lowest BCUT2D eigenvalue weighted by Gasteiger charge is -2.28. The Kier molecular flexibility index (Phi) is 6.60. The van der Waals surface area contributed by atoms with Crippen LogP contribution >= 0.6 is 11.6 Å². The first kappa shape index (κ1) is 22.8. The molecule has 0 radical (unpaired) electrons. The molecule has 0 spiro atoms. The fraction of sp³-hybridized carbons (Fsp3) is 0.0968. The summed E-state index contributed by atoms with van der Waals surface area (Å²) >= 11 is 6.18. The number of hydrogen-bond donors (Lipinski definition) is 0. The monoisotopic (exact) mass is 476 g/mol. The van der Waals surface area contributed by atoms with Crippen LogP contribution in [0.1, 0.15) is 29.7 Å². The topological polar surface area (TPSA) is 32.7 Å². The molecular formula is C31H25ClN2O. The van der Waals surface area contributed by atoms with Crippen molar-refractivity contribution < 1.29 is 4.79 Å². The third kappa shape index (κ3) is 4.82. The number of rotatable bonds is 6. The number of benzene rings is 4. The van der Waals surface area contributed by atoms with E-state index in [2.05, 4.69) is 12.1 Å². The molecule has 4 heteroatoms. The van der Waals surface area contributed by atoms with Crippen LogP contribution in [0, 0.1) is 5.92 Å². The average Bonchev–Trinajstić information content (AvgIpc) is 3.31. The van der Waals surface area contributed by atoms with Crippen LogP contribution in [0.25, 0.3) is 6.08 Å². The lowest BCUT2D eigenvalue weighted by atomic mass is 9.81. The Labute approximate surface area is 211 Å². The molecule has 0 aliphatic carbocycles. The van der Waals surface area contributed by atoms with Gasteiger partial charge in [0.2, 0.25) is 0 Å². The second-order valence-electron chi connectivity index (χ2n) is 8.61. The van der Waals surface area contributed by atoms with E-state index >= 15 is 0 Å². The molecule has 0 bridgehead atoms. The molecule has 2 unspecified atom stereocenters. The largest absolute Gasteiger partial charge is 0.294 e. The second kappa shape index (κ2) is 10.1. The van der Waals surface area contributed by atoms with E-state index in [1.54, 1.807) is 0 Å². The first-order valence-corrected chi connectivity index (χ1v) is 12.0. The van der Waals surface area contributed by atoms with Crippen molar-refractivity contribution in [1.82, 2.24) is 0 Å². The van der Waals surface area contributed by atoms with Gasteiger partial charge in [-0.25, -0.2) is 0 Å². The number of ketones is 1. The minimum Gasteiger partial charge on any atom is -0.294 e. The van der Waals surface area contributed by atoms with E-state index in [9.17, 15) is 4.79 Å². The van der Waals surface area contributed by atoms with Gasteiger partial charge in [-0.1, -0.05) is 103 Å². The minimum absolute atomic E-state index is 0.0508. The number of para-hydroxylation sites is 1. The molecule has 1 heterocycles. The molecule has 5 rings (SSSR count). The zero-order chi connectivity index (χ0) is 24.2. The number of carbonyl (C=O) groups is 1. The van der Waals surface area contributed by atoms with Crippen LogP contribution in [0.2, 0.25) is 5.02 Å². The van der Waals surface area contributed by atoms with E-state index in [4.69, 9.17) is 16.7 Å². The maximum absolute atomic E-state index is 14.2. The maximum Gasteiger partial charge on any atom is 0.170 e. The Morgan fingerprint density at radius 2 is 1.37 bits per heavy atom. The Morgan fingerprint density at radius 3 is 2.00 bits per heavy atom. The number of anilines is 1. The van der Waals surface area contributed by atoms with Crippen molar-refractivity contribution in [3.8, 4) is 0 Å². The van der Waals surface area contributed by atoms with Gasteiger partial charge in [-0.05, 0) is 59.5 Å². The summed E-state index contributed by atoms with van der Waals surface area (Å²) in [6.45, 7) is 1.89. The van der Waals surface area contributed by atoms with Gasteiger partial charge in [0, 0.05) is 5.02 Å². The molecule has 0 saturated carbocycles. The highest BCUT2D eigenvalue weighted by atomic mass is 35.5. The average molecular weight is 477 g/mol. The van der Waals surface area contributed by atoms with Gasteiger partial charge in [-0.2, -0.15) is 5.10 Å². The van der Waals surface area contributed by atoms with Gasteiger partial charge in [0.05, 0.1) is 23.4 Å². The van der Waals surface area contributed by atoms with E-state index in [1.807, 2.05) is 121 Å². The van der Waals surface area contributed by atoms with Crippen molar-refractivity contribution in [1.29, 1.82) is 0 Å². The molecule has 0 amide bonds. The lowest BCUT2D eigenvalue weighted by molar-refractivity contribution is -0.117. The van der Waals surface area contributed by atoms with Crippen LogP contribution in [0.4, 0.5) is 5.69 Å². The van der Waals surface area contributed by atoms with Gasteiger partial charge in [0.25, 0.3) is 0 Å². The Bertz CT molecular complexity index is 1360. The number of nitrogens with zero attached hydrogens (tertiary/aromatic N) is 2. The van der Waals surface area contributed by atoms with Crippen molar-refractivity contribution in [3.63, 3.8) is 0 Å². The van der Waals surface area contributed by atoms with Crippen molar-refractivity contribution in [2.45, 2.75) is 13.0 Å². The van der Waals surface area contributed by atoms with Crippen molar-refractivity contribution in [2.24, 2.45) is 11.0 Å². The predicted octanol–water partition coefficient (Wildman–Crippen LogP) is 7.59. The minimum atomic E-state index is -0.487. The second-order valence-corrected chi connectivity index (χ2v) is 9.04. The molecular weight excluding hydrogens is 452 g/mol. The summed E-state index contributed by atoms with van der Waals surface area (Å²) in [5, 5.41) is 7.70. The van der Waals surface area contributed by atoms with Crippen molar-refractivity contribution in [3.05, 3.63) is 143 Å². The SMILES string of the molecule is C/C(=C\c1ccccc1)C(=O)C1C(c2ccc(Cl)cc2)=NN(c2ccccc2)C1c1ccccc1. The first-order chi connectivity index (χ1) is 17.1. The zero-order valence-corrected chi connectivity index (χ0v) is 20.1. The number of hydrogen-bond acceptors (Lipinski definition) is 3. The van der Waals surface area contributed by atoms with Gasteiger partial charge in [0.1, 0.15) is 0 Å². The molecule has 2 atom stereocenters. The van der Waals surface area contributed by atoms with Crippen LogP contribution in [0.15, 0.2) is 126 Å². The molecule has 3 nitrogen and oxygen atoms in total. The van der Waals surface area contributed by atoms with E-state index in [1.165, 1.54) is 0 Å². The van der Waals surface area contributed by atoms with Crippen molar-refractivity contribution in [2.75, 3.05) is 5.01 Å². The number of hydrazone groups is 1. The van der Waals surface area contributed by atoms with E-state index in [0.717, 1.165) is 28.1 Å². The number of halogens is 1. The summed E-state index contributed by atoms with van der Waals surface area (Å²) in [4.78, 5) is 14.2. The van der Waals surface area contributed by atoms with E-state index in [-0.39, 0.29) is 11.8 Å². The molecule has 0 N–H and O–H groups in total. The summed E-state index contributed by atoms with van der Waals surface area (Å²) < 4.78 is 0. The van der Waals surface area contributed by atoms with Crippen LogP contribution in [-0.2, 0) is 4.79 Å². The third-order valence-corrected chi connectivity index (χ3v) is 6.50. The highest BCUT2D eigenvalue weighted by Crippen LogP contribution is 2.42. The summed E-state index contributed by atoms with van der Waals surface area (Å²) in [6, 6.07) is 37.4. The quantitative estimate of drug-likeness (QED) is 0.268. The summed E-state index contributed by atoms with van der Waals surface area (Å²) in [5.74, 6) is -0.436. The predicted molar refractivity (Wildman–Crippen MR) is 145 cm³/mol. The summed E-state index contributed by atoms with van der Waals surface area (Å²) in [6.07, 6.45) is 1.95. The fourth-order valence-corrected chi connectivity index (χ4v) is 4.68. The zero-order valence-electron chi connectivity index (χ0n) is 19.4. The molecule has 0 aromatic heterocycles. The van der Waals surface area contributed by atoms with Gasteiger partial charge in [0.15, 0.2) is 5.78 Å². The Hall–Kier alpha value is -3.95. The number of allylic oxidation sites excluding steroid dienone is 1. The van der Waals surface area contributed by atoms with Crippen molar-refractivity contribution >= 4 is 34.9 Å². The molecule has 1 aliphatic rings. The van der Waals surface area contributed by atoms with Crippen LogP contribution in [-0.4, -0.2) is 11.5 Å². The molecule has 1 aliphatic heterocycles. The van der Waals surface area contributed by atoms with Crippen LogP contribution in [0.3, 0.4) is 0 Å². The normalized spacial score (nSPS) is 17.8. The van der Waals surface area contributed by atoms with E-state index in [0.29, 0.717) is 10.6 Å². The lowest BCUT2D eigenvalue weighted by Crippen LogP contribution is -2.32. The van der Waals surface area contributed by atoms with Gasteiger partial charge in [-0.3, -0.25) is 9.80 Å². The first-order valence-electron chi connectivity index (χ1n) is 11.6. The molecule has 0 saturated heterocycles.